The molecule has 1 aromatic heterocycles. The van der Waals surface area contributed by atoms with Crippen LogP contribution in [-0.4, -0.2) is 10.1 Å². The van der Waals surface area contributed by atoms with Crippen molar-refractivity contribution in [3.05, 3.63) is 35.7 Å². The van der Waals surface area contributed by atoms with E-state index in [-0.39, 0.29) is 5.92 Å². The molecule has 0 saturated carbocycles. The van der Waals surface area contributed by atoms with Gasteiger partial charge in [0, 0.05) is 11.5 Å². The molecule has 78 valence electrons. The molecular formula is C12H14N2O. The lowest BCUT2D eigenvalue weighted by molar-refractivity contribution is 0.365. The van der Waals surface area contributed by atoms with Crippen molar-refractivity contribution in [2.45, 2.75) is 26.7 Å². The Kier molecular flexibility index (Phi) is 2.54. The van der Waals surface area contributed by atoms with Gasteiger partial charge in [-0.3, -0.25) is 0 Å². The molecule has 0 bridgehead atoms. The van der Waals surface area contributed by atoms with Crippen molar-refractivity contribution >= 4 is 0 Å². The molecule has 0 aliphatic rings. The lowest BCUT2D eigenvalue weighted by atomic mass is 10.1. The summed E-state index contributed by atoms with van der Waals surface area (Å²) in [5.74, 6) is 1.64. The van der Waals surface area contributed by atoms with Gasteiger partial charge in [-0.05, 0) is 12.5 Å². The Morgan fingerprint density at radius 2 is 1.93 bits per heavy atom. The van der Waals surface area contributed by atoms with Crippen LogP contribution in [0.15, 0.2) is 28.8 Å². The molecule has 2 rings (SSSR count). The lowest BCUT2D eigenvalue weighted by Gasteiger charge is -1.98. The summed E-state index contributed by atoms with van der Waals surface area (Å²) in [5, 5.41) is 3.98. The van der Waals surface area contributed by atoms with E-state index < -0.39 is 0 Å². The van der Waals surface area contributed by atoms with E-state index in [0.717, 1.165) is 11.1 Å². The maximum absolute atomic E-state index is 5.17. The fourth-order valence-corrected chi connectivity index (χ4v) is 1.40. The lowest BCUT2D eigenvalue weighted by Crippen LogP contribution is -1.88. The second-order valence-electron chi connectivity index (χ2n) is 3.93. The van der Waals surface area contributed by atoms with Crippen LogP contribution in [0.4, 0.5) is 0 Å². The van der Waals surface area contributed by atoms with Crippen molar-refractivity contribution in [1.82, 2.24) is 10.1 Å². The minimum absolute atomic E-state index is 0.273. The van der Waals surface area contributed by atoms with Gasteiger partial charge in [0.2, 0.25) is 11.7 Å². The highest BCUT2D eigenvalue weighted by Gasteiger charge is 2.12. The zero-order valence-electron chi connectivity index (χ0n) is 9.19. The molecule has 0 saturated heterocycles. The van der Waals surface area contributed by atoms with Gasteiger partial charge in [-0.25, -0.2) is 0 Å². The number of nitrogens with zero attached hydrogens (tertiary/aromatic N) is 2. The second kappa shape index (κ2) is 3.85. The van der Waals surface area contributed by atoms with Crippen LogP contribution in [0, 0.1) is 6.92 Å². The third kappa shape index (κ3) is 1.91. The topological polar surface area (TPSA) is 38.9 Å². The Hall–Kier alpha value is -1.64. The van der Waals surface area contributed by atoms with Gasteiger partial charge < -0.3 is 4.52 Å². The van der Waals surface area contributed by atoms with Crippen LogP contribution in [0.2, 0.25) is 0 Å². The first-order chi connectivity index (χ1) is 7.18. The summed E-state index contributed by atoms with van der Waals surface area (Å²) >= 11 is 0. The number of aromatic nitrogens is 2. The number of aryl methyl sites for hydroxylation is 1. The molecule has 0 fully saturated rings. The molecule has 0 atom stereocenters. The van der Waals surface area contributed by atoms with E-state index in [0.29, 0.717) is 11.7 Å². The average molecular weight is 202 g/mol. The van der Waals surface area contributed by atoms with Crippen LogP contribution in [-0.2, 0) is 0 Å². The van der Waals surface area contributed by atoms with E-state index in [1.807, 2.05) is 45.0 Å². The molecule has 2 aromatic rings. The molecule has 3 nitrogen and oxygen atoms in total. The Morgan fingerprint density at radius 3 is 2.53 bits per heavy atom. The molecule has 0 aliphatic heterocycles. The summed E-state index contributed by atoms with van der Waals surface area (Å²) in [4.78, 5) is 4.36. The average Bonchev–Trinajstić information content (AvgIpc) is 2.67. The highest BCUT2D eigenvalue weighted by Crippen LogP contribution is 2.21. The Morgan fingerprint density at radius 1 is 1.20 bits per heavy atom. The molecule has 0 unspecified atom stereocenters. The second-order valence-corrected chi connectivity index (χ2v) is 3.93. The van der Waals surface area contributed by atoms with Crippen molar-refractivity contribution in [3.8, 4) is 11.4 Å². The molecular weight excluding hydrogens is 188 g/mol. The van der Waals surface area contributed by atoms with E-state index in [2.05, 4.69) is 10.1 Å². The molecule has 0 radical (unpaired) electrons. The first kappa shape index (κ1) is 9.90. The highest BCUT2D eigenvalue weighted by atomic mass is 16.5. The largest absolute Gasteiger partial charge is 0.339 e. The quantitative estimate of drug-likeness (QED) is 0.750. The molecule has 0 N–H and O–H groups in total. The first-order valence-electron chi connectivity index (χ1n) is 5.08. The molecule has 0 amide bonds. The highest BCUT2D eigenvalue weighted by molar-refractivity contribution is 5.58. The number of hydrogen-bond donors (Lipinski definition) is 0. The number of rotatable bonds is 2. The first-order valence-corrected chi connectivity index (χ1v) is 5.08. The molecule has 3 heteroatoms. The summed E-state index contributed by atoms with van der Waals surface area (Å²) < 4.78 is 5.17. The third-order valence-electron chi connectivity index (χ3n) is 2.32. The smallest absolute Gasteiger partial charge is 0.229 e. The Labute approximate surface area is 89.1 Å². The molecule has 1 aromatic carbocycles. The van der Waals surface area contributed by atoms with E-state index in [4.69, 9.17) is 4.52 Å². The molecule has 15 heavy (non-hydrogen) atoms. The normalized spacial score (nSPS) is 10.9. The molecule has 0 aliphatic carbocycles. The minimum atomic E-state index is 0.273. The van der Waals surface area contributed by atoms with Gasteiger partial charge in [0.1, 0.15) is 0 Å². The number of hydrogen-bond acceptors (Lipinski definition) is 3. The fraction of sp³-hybridized carbons (Fsp3) is 0.333. The summed E-state index contributed by atoms with van der Waals surface area (Å²) in [6, 6.07) is 8.03. The summed E-state index contributed by atoms with van der Waals surface area (Å²) in [5.41, 5.74) is 2.20. The van der Waals surface area contributed by atoms with Crippen molar-refractivity contribution in [1.29, 1.82) is 0 Å². The van der Waals surface area contributed by atoms with Crippen LogP contribution in [0.25, 0.3) is 11.4 Å². The summed E-state index contributed by atoms with van der Waals surface area (Å²) in [6.07, 6.45) is 0. The monoisotopic (exact) mass is 202 g/mol. The van der Waals surface area contributed by atoms with Gasteiger partial charge in [0.15, 0.2) is 0 Å². The van der Waals surface area contributed by atoms with E-state index in [9.17, 15) is 0 Å². The van der Waals surface area contributed by atoms with Gasteiger partial charge in [0.25, 0.3) is 0 Å². The predicted octanol–water partition coefficient (Wildman–Crippen LogP) is 3.17. The zero-order valence-corrected chi connectivity index (χ0v) is 9.19. The molecule has 0 spiro atoms. The van der Waals surface area contributed by atoms with Gasteiger partial charge in [0.05, 0.1) is 0 Å². The van der Waals surface area contributed by atoms with Crippen molar-refractivity contribution in [2.75, 3.05) is 0 Å². The van der Waals surface area contributed by atoms with Crippen LogP contribution >= 0.6 is 0 Å². The molecule has 1 heterocycles. The predicted molar refractivity (Wildman–Crippen MR) is 58.6 cm³/mol. The van der Waals surface area contributed by atoms with Crippen LogP contribution in [0.1, 0.15) is 31.2 Å². The van der Waals surface area contributed by atoms with Gasteiger partial charge in [-0.2, -0.15) is 4.98 Å². The standard InChI is InChI=1S/C12H14N2O/c1-8(2)12-13-11(14-15-12)10-7-5-4-6-9(10)3/h4-8H,1-3H3. The van der Waals surface area contributed by atoms with Crippen LogP contribution in [0.3, 0.4) is 0 Å². The van der Waals surface area contributed by atoms with Gasteiger partial charge in [-0.1, -0.05) is 43.3 Å². The van der Waals surface area contributed by atoms with Crippen molar-refractivity contribution < 1.29 is 4.52 Å². The van der Waals surface area contributed by atoms with E-state index in [1.54, 1.807) is 0 Å². The Bertz CT molecular complexity index is 460. The van der Waals surface area contributed by atoms with Crippen molar-refractivity contribution in [2.24, 2.45) is 0 Å². The van der Waals surface area contributed by atoms with Crippen LogP contribution in [0.5, 0.6) is 0 Å². The van der Waals surface area contributed by atoms with Crippen molar-refractivity contribution in [3.63, 3.8) is 0 Å². The maximum Gasteiger partial charge on any atom is 0.229 e. The summed E-state index contributed by atoms with van der Waals surface area (Å²) in [7, 11) is 0. The Balaban J connectivity index is 2.42. The van der Waals surface area contributed by atoms with E-state index >= 15 is 0 Å². The minimum Gasteiger partial charge on any atom is -0.339 e. The van der Waals surface area contributed by atoms with Crippen LogP contribution < -0.4 is 0 Å². The van der Waals surface area contributed by atoms with Gasteiger partial charge >= 0.3 is 0 Å². The maximum atomic E-state index is 5.17. The fourth-order valence-electron chi connectivity index (χ4n) is 1.40. The SMILES string of the molecule is Cc1ccccc1-c1noc(C(C)C)n1. The number of benzene rings is 1. The van der Waals surface area contributed by atoms with E-state index in [1.165, 1.54) is 0 Å². The third-order valence-corrected chi connectivity index (χ3v) is 2.32. The van der Waals surface area contributed by atoms with Gasteiger partial charge in [-0.15, -0.1) is 0 Å². The zero-order chi connectivity index (χ0) is 10.8. The summed E-state index contributed by atoms with van der Waals surface area (Å²) in [6.45, 7) is 6.12.